The fourth-order valence-electron chi connectivity index (χ4n) is 3.34. The van der Waals surface area contributed by atoms with Crippen LogP contribution in [0.2, 0.25) is 10.0 Å². The molecule has 0 spiro atoms. The summed E-state index contributed by atoms with van der Waals surface area (Å²) in [5.74, 6) is -0.411. The fourth-order valence-corrected chi connectivity index (χ4v) is 5.60. The Hall–Kier alpha value is -2.80. The summed E-state index contributed by atoms with van der Waals surface area (Å²) in [6, 6.07) is 5.05. The molecule has 3 aromatic rings. The highest BCUT2D eigenvalue weighted by atomic mass is 35.5. The quantitative estimate of drug-likeness (QED) is 0.170. The molecule has 0 aliphatic rings. The van der Waals surface area contributed by atoms with Gasteiger partial charge in [-0.05, 0) is 51.0 Å². The number of aryl methyl sites for hydroxylation is 1. The summed E-state index contributed by atoms with van der Waals surface area (Å²) in [6.45, 7) is 5.43. The topological polar surface area (TPSA) is 138 Å². The number of carbonyl (C=O) groups excluding carboxylic acids is 3. The molecule has 1 aromatic carbocycles. The van der Waals surface area contributed by atoms with Crippen molar-refractivity contribution < 1.29 is 23.9 Å². The Bertz CT molecular complexity index is 1340. The number of thioether (sulfide) groups is 1. The van der Waals surface area contributed by atoms with E-state index in [-0.39, 0.29) is 33.2 Å². The number of aromatic nitrogens is 3. The van der Waals surface area contributed by atoms with Gasteiger partial charge in [0.2, 0.25) is 5.91 Å². The fraction of sp³-hybridized carbons (Fsp3) is 0.375. The number of nitrogens with one attached hydrogen (secondary N) is 1. The van der Waals surface area contributed by atoms with E-state index in [1.807, 2.05) is 7.05 Å². The number of hydrogen-bond donors (Lipinski definition) is 2. The summed E-state index contributed by atoms with van der Waals surface area (Å²) in [6.07, 6.45) is 0.906. The van der Waals surface area contributed by atoms with E-state index in [2.05, 4.69) is 15.5 Å². The molecule has 0 saturated carbocycles. The van der Waals surface area contributed by atoms with Gasteiger partial charge in [-0.15, -0.1) is 21.5 Å². The van der Waals surface area contributed by atoms with Gasteiger partial charge in [0.15, 0.2) is 5.16 Å². The number of esters is 1. The standard InChI is InChI=1S/C24H27Cl2N5O5S2/c1-12(2)36-23(34)19-13(3)20(21(27)33)38-22(19)28-18(32)11-37-24-30-29-17(31(24)4)6-5-9-35-16-8-7-14(25)10-15(16)26/h7-8,10,12H,5-6,9,11H2,1-4H3,(H2,27,33)(H,28,32). The van der Waals surface area contributed by atoms with Crippen LogP contribution in [0.3, 0.4) is 0 Å². The minimum Gasteiger partial charge on any atom is -0.492 e. The minimum absolute atomic E-state index is 0.00563. The van der Waals surface area contributed by atoms with Gasteiger partial charge in [-0.1, -0.05) is 35.0 Å². The maximum absolute atomic E-state index is 12.7. The molecule has 0 atom stereocenters. The summed E-state index contributed by atoms with van der Waals surface area (Å²) in [5.41, 5.74) is 5.93. The third-order valence-corrected chi connectivity index (χ3v) is 7.90. The van der Waals surface area contributed by atoms with Crippen molar-refractivity contribution in [2.45, 2.75) is 44.9 Å². The van der Waals surface area contributed by atoms with Crippen LogP contribution in [0.25, 0.3) is 0 Å². The first-order valence-electron chi connectivity index (χ1n) is 11.5. The Morgan fingerprint density at radius 2 is 1.97 bits per heavy atom. The Labute approximate surface area is 238 Å². The summed E-state index contributed by atoms with van der Waals surface area (Å²) in [4.78, 5) is 37.3. The predicted molar refractivity (Wildman–Crippen MR) is 149 cm³/mol. The van der Waals surface area contributed by atoms with Crippen LogP contribution in [-0.4, -0.2) is 51.0 Å². The number of hydrogen-bond acceptors (Lipinski definition) is 9. The number of benzene rings is 1. The summed E-state index contributed by atoms with van der Waals surface area (Å²) < 4.78 is 12.8. The first kappa shape index (κ1) is 29.8. The van der Waals surface area contributed by atoms with Crippen molar-refractivity contribution in [1.29, 1.82) is 0 Å². The van der Waals surface area contributed by atoms with Gasteiger partial charge in [-0.3, -0.25) is 9.59 Å². The lowest BCUT2D eigenvalue weighted by molar-refractivity contribution is -0.113. The summed E-state index contributed by atoms with van der Waals surface area (Å²) in [7, 11) is 1.81. The molecule has 0 radical (unpaired) electrons. The van der Waals surface area contributed by atoms with Crippen molar-refractivity contribution in [3.63, 3.8) is 0 Å². The number of nitrogens with two attached hydrogens (primary N) is 1. The average molecular weight is 601 g/mol. The smallest absolute Gasteiger partial charge is 0.341 e. The first-order valence-corrected chi connectivity index (χ1v) is 14.1. The minimum atomic E-state index is -0.686. The van der Waals surface area contributed by atoms with E-state index in [0.717, 1.165) is 17.2 Å². The zero-order chi connectivity index (χ0) is 28.0. The van der Waals surface area contributed by atoms with Crippen molar-refractivity contribution in [1.82, 2.24) is 14.8 Å². The largest absolute Gasteiger partial charge is 0.492 e. The number of anilines is 1. The van der Waals surface area contributed by atoms with Crippen molar-refractivity contribution in [3.05, 3.63) is 50.1 Å². The molecular formula is C24H27Cl2N5O5S2. The van der Waals surface area contributed by atoms with E-state index in [4.69, 9.17) is 38.4 Å². The van der Waals surface area contributed by atoms with E-state index in [1.54, 1.807) is 43.5 Å². The van der Waals surface area contributed by atoms with Crippen LogP contribution in [0.4, 0.5) is 5.00 Å². The molecular weight excluding hydrogens is 573 g/mol. The first-order chi connectivity index (χ1) is 18.0. The number of nitrogens with zero attached hydrogens (tertiary/aromatic N) is 3. The lowest BCUT2D eigenvalue weighted by Crippen LogP contribution is -2.18. The van der Waals surface area contributed by atoms with Crippen LogP contribution in [0.15, 0.2) is 23.4 Å². The molecule has 2 aromatic heterocycles. The molecule has 14 heteroatoms. The van der Waals surface area contributed by atoms with Crippen LogP contribution < -0.4 is 15.8 Å². The highest BCUT2D eigenvalue weighted by Gasteiger charge is 2.26. The monoisotopic (exact) mass is 599 g/mol. The van der Waals surface area contributed by atoms with Gasteiger partial charge >= 0.3 is 5.97 Å². The predicted octanol–water partition coefficient (Wildman–Crippen LogP) is 4.90. The van der Waals surface area contributed by atoms with Crippen LogP contribution in [0.1, 0.15) is 51.7 Å². The third kappa shape index (κ3) is 7.62. The number of rotatable bonds is 12. The summed E-state index contributed by atoms with van der Waals surface area (Å²) in [5, 5.41) is 12.8. The van der Waals surface area contributed by atoms with Crippen molar-refractivity contribution >= 4 is 69.1 Å². The molecule has 3 N–H and O–H groups in total. The van der Waals surface area contributed by atoms with Crippen LogP contribution in [0.5, 0.6) is 5.75 Å². The van der Waals surface area contributed by atoms with Gasteiger partial charge in [0, 0.05) is 18.5 Å². The van der Waals surface area contributed by atoms with Gasteiger partial charge in [0.1, 0.15) is 16.6 Å². The van der Waals surface area contributed by atoms with Crippen molar-refractivity contribution in [2.24, 2.45) is 12.8 Å². The average Bonchev–Trinajstić information content (AvgIpc) is 3.35. The molecule has 2 amide bonds. The van der Waals surface area contributed by atoms with E-state index < -0.39 is 11.9 Å². The highest BCUT2D eigenvalue weighted by Crippen LogP contribution is 2.34. The van der Waals surface area contributed by atoms with Crippen molar-refractivity contribution in [2.75, 3.05) is 17.7 Å². The Balaban J connectivity index is 1.56. The van der Waals surface area contributed by atoms with Gasteiger partial charge in [-0.2, -0.15) is 0 Å². The van der Waals surface area contributed by atoms with E-state index in [1.165, 1.54) is 11.8 Å². The Kier molecular flexibility index (Phi) is 10.4. The number of thiophene rings is 1. The van der Waals surface area contributed by atoms with Crippen molar-refractivity contribution in [3.8, 4) is 5.75 Å². The second-order valence-electron chi connectivity index (χ2n) is 8.40. The molecule has 0 aliphatic carbocycles. The molecule has 2 heterocycles. The number of halogens is 2. The number of primary amides is 1. The van der Waals surface area contributed by atoms with Crippen LogP contribution in [0, 0.1) is 6.92 Å². The number of amides is 2. The molecule has 0 bridgehead atoms. The molecule has 3 rings (SSSR count). The van der Waals surface area contributed by atoms with Crippen LogP contribution in [-0.2, 0) is 23.0 Å². The van der Waals surface area contributed by atoms with Gasteiger partial charge in [0.25, 0.3) is 5.91 Å². The maximum Gasteiger partial charge on any atom is 0.341 e. The molecule has 38 heavy (non-hydrogen) atoms. The molecule has 0 saturated heterocycles. The lowest BCUT2D eigenvalue weighted by Gasteiger charge is -2.10. The third-order valence-electron chi connectivity index (χ3n) is 5.12. The lowest BCUT2D eigenvalue weighted by atomic mass is 10.1. The normalized spacial score (nSPS) is 11.0. The summed E-state index contributed by atoms with van der Waals surface area (Å²) >= 11 is 14.1. The van der Waals surface area contributed by atoms with E-state index in [9.17, 15) is 14.4 Å². The van der Waals surface area contributed by atoms with E-state index >= 15 is 0 Å². The SMILES string of the molecule is Cc1c(C(N)=O)sc(NC(=O)CSc2nnc(CCCOc3ccc(Cl)cc3Cl)n2C)c1C(=O)OC(C)C. The van der Waals surface area contributed by atoms with Gasteiger partial charge < -0.3 is 25.1 Å². The molecule has 0 aliphatic heterocycles. The van der Waals surface area contributed by atoms with Gasteiger partial charge in [0.05, 0.1) is 33.9 Å². The second-order valence-corrected chi connectivity index (χ2v) is 11.2. The maximum atomic E-state index is 12.7. The van der Waals surface area contributed by atoms with Crippen LogP contribution >= 0.6 is 46.3 Å². The zero-order valence-corrected chi connectivity index (χ0v) is 24.3. The second kappa shape index (κ2) is 13.3. The number of carbonyl (C=O) groups is 3. The Morgan fingerprint density at radius 3 is 2.63 bits per heavy atom. The van der Waals surface area contributed by atoms with E-state index in [0.29, 0.717) is 46.0 Å². The highest BCUT2D eigenvalue weighted by molar-refractivity contribution is 7.99. The van der Waals surface area contributed by atoms with Gasteiger partial charge in [-0.25, -0.2) is 4.79 Å². The number of ether oxygens (including phenoxy) is 2. The molecule has 0 fully saturated rings. The molecule has 0 unspecified atom stereocenters. The Morgan fingerprint density at radius 1 is 1.24 bits per heavy atom. The zero-order valence-electron chi connectivity index (χ0n) is 21.2. The molecule has 204 valence electrons. The molecule has 10 nitrogen and oxygen atoms in total.